The number of carbonyl (C=O) groups is 2. The number of sulfonamides is 1. The van der Waals surface area contributed by atoms with Gasteiger partial charge in [0.2, 0.25) is 21.8 Å². The zero-order valence-corrected chi connectivity index (χ0v) is 18.4. The van der Waals surface area contributed by atoms with E-state index in [9.17, 15) is 18.0 Å². The van der Waals surface area contributed by atoms with Crippen LogP contribution >= 0.6 is 0 Å². The van der Waals surface area contributed by atoms with Crippen LogP contribution in [0, 0.1) is 11.8 Å². The summed E-state index contributed by atoms with van der Waals surface area (Å²) >= 11 is 0. The molecule has 2 aliphatic carbocycles. The first-order valence-electron chi connectivity index (χ1n) is 11.0. The largest absolute Gasteiger partial charge is 0.352 e. The molecule has 0 radical (unpaired) electrons. The van der Waals surface area contributed by atoms with Gasteiger partial charge in [0, 0.05) is 18.5 Å². The van der Waals surface area contributed by atoms with E-state index >= 15 is 0 Å². The van der Waals surface area contributed by atoms with Crippen molar-refractivity contribution in [2.24, 2.45) is 11.8 Å². The second-order valence-electron chi connectivity index (χ2n) is 8.60. The molecular formula is C22H33N3O4S. The summed E-state index contributed by atoms with van der Waals surface area (Å²) in [6.07, 6.45) is 7.33. The molecule has 2 fully saturated rings. The number of nitrogens with one attached hydrogen (secondary N) is 3. The average molecular weight is 436 g/mol. The van der Waals surface area contributed by atoms with Crippen LogP contribution in [0.3, 0.4) is 0 Å². The molecule has 1 unspecified atom stereocenters. The normalized spacial score (nSPS) is 23.6. The summed E-state index contributed by atoms with van der Waals surface area (Å²) in [7, 11) is -3.50. The molecule has 0 aromatic heterocycles. The lowest BCUT2D eigenvalue weighted by Crippen LogP contribution is -2.49. The van der Waals surface area contributed by atoms with Crippen molar-refractivity contribution >= 4 is 21.8 Å². The van der Waals surface area contributed by atoms with Crippen molar-refractivity contribution in [3.8, 4) is 0 Å². The van der Waals surface area contributed by atoms with Gasteiger partial charge in [0.1, 0.15) is 6.04 Å². The molecule has 1 aromatic carbocycles. The molecule has 3 N–H and O–H groups in total. The number of carbonyl (C=O) groups excluding carboxylic acids is 2. The second-order valence-corrected chi connectivity index (χ2v) is 10.4. The molecule has 2 aliphatic rings. The number of hydrogen-bond acceptors (Lipinski definition) is 4. The van der Waals surface area contributed by atoms with Crippen LogP contribution in [-0.2, 0) is 19.6 Å². The van der Waals surface area contributed by atoms with E-state index in [-0.39, 0.29) is 34.6 Å². The Labute approximate surface area is 179 Å². The van der Waals surface area contributed by atoms with Crippen LogP contribution in [0.2, 0.25) is 0 Å². The summed E-state index contributed by atoms with van der Waals surface area (Å²) in [5.41, 5.74) is 0. The molecule has 1 atom stereocenters. The molecule has 3 rings (SSSR count). The maximum absolute atomic E-state index is 12.6. The van der Waals surface area contributed by atoms with Gasteiger partial charge in [-0.15, -0.1) is 0 Å². The van der Waals surface area contributed by atoms with Gasteiger partial charge in [-0.3, -0.25) is 9.59 Å². The standard InChI is InChI=1S/C22H33N3O4S/c1-16(21(26)25-19-7-5-6-8-19)24-22(27)18-13-11-17(12-14-18)15-23-30(28,29)20-9-3-2-4-10-20/h2-4,9-10,16-19,23H,5-8,11-15H2,1H3,(H,24,27)(H,25,26). The average Bonchev–Trinajstić information content (AvgIpc) is 3.26. The van der Waals surface area contributed by atoms with Gasteiger partial charge < -0.3 is 10.6 Å². The molecule has 2 amide bonds. The lowest BCUT2D eigenvalue weighted by atomic mass is 9.81. The summed E-state index contributed by atoms with van der Waals surface area (Å²) in [6.45, 7) is 2.11. The zero-order chi connectivity index (χ0) is 21.6. The van der Waals surface area contributed by atoms with Gasteiger partial charge >= 0.3 is 0 Å². The molecule has 0 aliphatic heterocycles. The third-order valence-electron chi connectivity index (χ3n) is 6.29. The van der Waals surface area contributed by atoms with Crippen LogP contribution in [0.5, 0.6) is 0 Å². The van der Waals surface area contributed by atoms with E-state index in [1.54, 1.807) is 37.3 Å². The molecule has 1 aromatic rings. The van der Waals surface area contributed by atoms with E-state index in [0.29, 0.717) is 19.4 Å². The Morgan fingerprint density at radius 2 is 1.63 bits per heavy atom. The molecule has 0 spiro atoms. The van der Waals surface area contributed by atoms with E-state index in [2.05, 4.69) is 15.4 Å². The van der Waals surface area contributed by atoms with Crippen molar-refractivity contribution in [2.75, 3.05) is 6.54 Å². The molecule has 0 saturated heterocycles. The van der Waals surface area contributed by atoms with E-state index in [0.717, 1.165) is 38.5 Å². The fourth-order valence-corrected chi connectivity index (χ4v) is 5.47. The molecular weight excluding hydrogens is 402 g/mol. The predicted molar refractivity (Wildman–Crippen MR) is 115 cm³/mol. The molecule has 8 heteroatoms. The minimum absolute atomic E-state index is 0.0765. The Morgan fingerprint density at radius 1 is 1.00 bits per heavy atom. The van der Waals surface area contributed by atoms with Crippen LogP contribution in [0.4, 0.5) is 0 Å². The quantitative estimate of drug-likeness (QED) is 0.583. The lowest BCUT2D eigenvalue weighted by molar-refractivity contribution is -0.131. The van der Waals surface area contributed by atoms with Crippen molar-refractivity contribution in [3.63, 3.8) is 0 Å². The number of amides is 2. The molecule has 166 valence electrons. The summed E-state index contributed by atoms with van der Waals surface area (Å²) in [6, 6.07) is 8.05. The Hall–Kier alpha value is -1.93. The summed E-state index contributed by atoms with van der Waals surface area (Å²) in [5.74, 6) is -0.0871. The van der Waals surface area contributed by atoms with Crippen molar-refractivity contribution in [1.29, 1.82) is 0 Å². The highest BCUT2D eigenvalue weighted by Gasteiger charge is 2.29. The van der Waals surface area contributed by atoms with E-state index in [1.807, 2.05) is 0 Å². The maximum atomic E-state index is 12.6. The van der Waals surface area contributed by atoms with Gasteiger partial charge in [-0.1, -0.05) is 31.0 Å². The Balaban J connectivity index is 1.39. The smallest absolute Gasteiger partial charge is 0.242 e. The SMILES string of the molecule is CC(NC(=O)C1CCC(CNS(=O)(=O)c2ccccc2)CC1)C(=O)NC1CCCC1. The maximum Gasteiger partial charge on any atom is 0.242 e. The number of hydrogen-bond donors (Lipinski definition) is 3. The van der Waals surface area contributed by atoms with E-state index in [4.69, 9.17) is 0 Å². The zero-order valence-electron chi connectivity index (χ0n) is 17.6. The van der Waals surface area contributed by atoms with Crippen molar-refractivity contribution in [1.82, 2.24) is 15.4 Å². The Kier molecular flexibility index (Phi) is 7.88. The van der Waals surface area contributed by atoms with Crippen LogP contribution in [0.25, 0.3) is 0 Å². The van der Waals surface area contributed by atoms with Gasteiger partial charge in [-0.25, -0.2) is 13.1 Å². The highest BCUT2D eigenvalue weighted by atomic mass is 32.2. The third-order valence-corrected chi connectivity index (χ3v) is 7.73. The topological polar surface area (TPSA) is 104 Å². The predicted octanol–water partition coefficient (Wildman–Crippen LogP) is 2.33. The van der Waals surface area contributed by atoms with Crippen LogP contribution in [-0.4, -0.2) is 38.9 Å². The van der Waals surface area contributed by atoms with Gasteiger partial charge in [-0.05, 0) is 63.5 Å². The Bertz CT molecular complexity index is 814. The van der Waals surface area contributed by atoms with Gasteiger partial charge in [0.05, 0.1) is 4.90 Å². The molecule has 2 saturated carbocycles. The van der Waals surface area contributed by atoms with Crippen molar-refractivity contribution in [2.45, 2.75) is 75.3 Å². The molecule has 0 heterocycles. The highest BCUT2D eigenvalue weighted by Crippen LogP contribution is 2.29. The van der Waals surface area contributed by atoms with Crippen molar-refractivity contribution < 1.29 is 18.0 Å². The number of rotatable bonds is 8. The minimum Gasteiger partial charge on any atom is -0.352 e. The fourth-order valence-electron chi connectivity index (χ4n) is 4.33. The highest BCUT2D eigenvalue weighted by molar-refractivity contribution is 7.89. The van der Waals surface area contributed by atoms with Crippen molar-refractivity contribution in [3.05, 3.63) is 30.3 Å². The van der Waals surface area contributed by atoms with Gasteiger partial charge in [0.15, 0.2) is 0 Å². The van der Waals surface area contributed by atoms with Gasteiger partial charge in [-0.2, -0.15) is 0 Å². The van der Waals surface area contributed by atoms with Gasteiger partial charge in [0.25, 0.3) is 0 Å². The first-order chi connectivity index (χ1) is 14.3. The fraction of sp³-hybridized carbons (Fsp3) is 0.636. The summed E-state index contributed by atoms with van der Waals surface area (Å²) in [4.78, 5) is 25.1. The van der Waals surface area contributed by atoms with E-state index in [1.165, 1.54) is 0 Å². The first-order valence-corrected chi connectivity index (χ1v) is 12.5. The van der Waals surface area contributed by atoms with Crippen LogP contribution in [0.15, 0.2) is 35.2 Å². The molecule has 30 heavy (non-hydrogen) atoms. The second kappa shape index (κ2) is 10.4. The number of benzene rings is 1. The monoisotopic (exact) mass is 435 g/mol. The lowest BCUT2D eigenvalue weighted by Gasteiger charge is -2.28. The van der Waals surface area contributed by atoms with E-state index < -0.39 is 16.1 Å². The Morgan fingerprint density at radius 3 is 2.27 bits per heavy atom. The summed E-state index contributed by atoms with van der Waals surface area (Å²) in [5, 5.41) is 5.87. The molecule has 0 bridgehead atoms. The summed E-state index contributed by atoms with van der Waals surface area (Å²) < 4.78 is 27.4. The minimum atomic E-state index is -3.50. The van der Waals surface area contributed by atoms with Crippen LogP contribution < -0.4 is 15.4 Å². The van der Waals surface area contributed by atoms with Crippen LogP contribution in [0.1, 0.15) is 58.3 Å². The molecule has 7 nitrogen and oxygen atoms in total. The third kappa shape index (κ3) is 6.28. The first kappa shape index (κ1) is 22.7.